The number of carboxylic acid groups (broad SMARTS) is 1. The van der Waals surface area contributed by atoms with Crippen LogP contribution in [0.25, 0.3) is 0 Å². The van der Waals surface area contributed by atoms with E-state index in [0.717, 1.165) is 19.3 Å². The quantitative estimate of drug-likeness (QED) is 0.927. The van der Waals surface area contributed by atoms with Crippen molar-refractivity contribution in [3.63, 3.8) is 0 Å². The van der Waals surface area contributed by atoms with E-state index in [1.165, 1.54) is 0 Å². The molecule has 1 N–H and O–H groups in total. The van der Waals surface area contributed by atoms with Crippen LogP contribution in [-0.2, 0) is 4.79 Å². The number of carboxylic acids is 1. The molecule has 1 aromatic carbocycles. The van der Waals surface area contributed by atoms with Gasteiger partial charge < -0.3 is 14.7 Å². The summed E-state index contributed by atoms with van der Waals surface area (Å²) in [5.41, 5.74) is 0.527. The van der Waals surface area contributed by atoms with E-state index in [2.05, 4.69) is 0 Å². The van der Waals surface area contributed by atoms with E-state index in [0.29, 0.717) is 24.4 Å². The molecule has 1 heterocycles. The maximum Gasteiger partial charge on any atom is 0.307 e. The van der Waals surface area contributed by atoms with Crippen LogP contribution in [0.4, 0.5) is 0 Å². The van der Waals surface area contributed by atoms with E-state index in [1.54, 1.807) is 6.07 Å². The van der Waals surface area contributed by atoms with Gasteiger partial charge in [-0.25, -0.2) is 0 Å². The Labute approximate surface area is 136 Å². The second kappa shape index (κ2) is 5.87. The lowest BCUT2D eigenvalue weighted by molar-refractivity contribution is -0.139. The second-order valence-electron chi connectivity index (χ2n) is 6.91. The molecule has 124 valence electrons. The molecule has 1 unspecified atom stereocenters. The van der Waals surface area contributed by atoms with Crippen molar-refractivity contribution >= 4 is 11.9 Å². The van der Waals surface area contributed by atoms with Gasteiger partial charge in [-0.15, -0.1) is 0 Å². The standard InChI is InChI=1S/C18H23NO4/c1-12(2)23-15-6-4-3-5-13(15)16(20)19-9-7-18(8-10-19)11-14(18)17(21)22/h3-6,12,14H,7-11H2,1-2H3,(H,21,22). The van der Waals surface area contributed by atoms with E-state index in [9.17, 15) is 9.59 Å². The fraction of sp³-hybridized carbons (Fsp3) is 0.556. The highest BCUT2D eigenvalue weighted by atomic mass is 16.5. The Morgan fingerprint density at radius 1 is 1.26 bits per heavy atom. The zero-order valence-corrected chi connectivity index (χ0v) is 13.6. The van der Waals surface area contributed by atoms with E-state index in [4.69, 9.17) is 9.84 Å². The molecule has 0 aromatic heterocycles. The van der Waals surface area contributed by atoms with Gasteiger partial charge in [0.1, 0.15) is 5.75 Å². The van der Waals surface area contributed by atoms with Gasteiger partial charge in [-0.1, -0.05) is 12.1 Å². The molecule has 1 saturated carbocycles. The van der Waals surface area contributed by atoms with Crippen molar-refractivity contribution in [3.05, 3.63) is 29.8 Å². The summed E-state index contributed by atoms with van der Waals surface area (Å²) < 4.78 is 5.73. The van der Waals surface area contributed by atoms with Crippen molar-refractivity contribution in [1.82, 2.24) is 4.90 Å². The van der Waals surface area contributed by atoms with Gasteiger partial charge in [0.15, 0.2) is 0 Å². The van der Waals surface area contributed by atoms with Gasteiger partial charge in [0.2, 0.25) is 0 Å². The zero-order chi connectivity index (χ0) is 16.6. The van der Waals surface area contributed by atoms with Crippen LogP contribution in [0.2, 0.25) is 0 Å². The molecule has 0 bridgehead atoms. The molecular weight excluding hydrogens is 294 g/mol. The summed E-state index contributed by atoms with van der Waals surface area (Å²) in [6, 6.07) is 7.32. The number of nitrogens with zero attached hydrogens (tertiary/aromatic N) is 1. The molecule has 1 amide bonds. The number of ether oxygens (including phenoxy) is 1. The van der Waals surface area contributed by atoms with Crippen LogP contribution < -0.4 is 4.74 Å². The third kappa shape index (κ3) is 3.05. The molecule has 1 aliphatic heterocycles. The number of para-hydroxylation sites is 1. The Morgan fingerprint density at radius 2 is 1.91 bits per heavy atom. The molecule has 5 heteroatoms. The predicted octanol–water partition coefficient (Wildman–Crippen LogP) is 2.80. The highest BCUT2D eigenvalue weighted by molar-refractivity contribution is 5.97. The van der Waals surface area contributed by atoms with Crippen LogP contribution in [0, 0.1) is 11.3 Å². The van der Waals surface area contributed by atoms with Crippen molar-refractivity contribution in [2.24, 2.45) is 11.3 Å². The molecule has 1 aromatic rings. The van der Waals surface area contributed by atoms with Gasteiger partial charge in [-0.2, -0.15) is 0 Å². The topological polar surface area (TPSA) is 66.8 Å². The van der Waals surface area contributed by atoms with Gasteiger partial charge in [0.25, 0.3) is 5.91 Å². The van der Waals surface area contributed by atoms with Crippen molar-refractivity contribution < 1.29 is 19.4 Å². The summed E-state index contributed by atoms with van der Waals surface area (Å²) in [7, 11) is 0. The Hall–Kier alpha value is -2.04. The number of hydrogen-bond acceptors (Lipinski definition) is 3. The summed E-state index contributed by atoms with van der Waals surface area (Å²) in [6.45, 7) is 5.12. The fourth-order valence-corrected chi connectivity index (χ4v) is 3.57. The first kappa shape index (κ1) is 15.8. The zero-order valence-electron chi connectivity index (χ0n) is 13.6. The average Bonchev–Trinajstić information content (AvgIpc) is 3.21. The van der Waals surface area contributed by atoms with Crippen LogP contribution in [0.3, 0.4) is 0 Å². The van der Waals surface area contributed by atoms with Crippen LogP contribution >= 0.6 is 0 Å². The summed E-state index contributed by atoms with van der Waals surface area (Å²) >= 11 is 0. The van der Waals surface area contributed by atoms with E-state index in [1.807, 2.05) is 36.9 Å². The Morgan fingerprint density at radius 3 is 2.48 bits per heavy atom. The van der Waals surface area contributed by atoms with Crippen LogP contribution in [0.5, 0.6) is 5.75 Å². The molecule has 23 heavy (non-hydrogen) atoms. The molecule has 1 saturated heterocycles. The van der Waals surface area contributed by atoms with Gasteiger partial charge in [-0.05, 0) is 50.7 Å². The van der Waals surface area contributed by atoms with Crippen LogP contribution in [0.1, 0.15) is 43.5 Å². The molecule has 2 aliphatic rings. The summed E-state index contributed by atoms with van der Waals surface area (Å²) in [5.74, 6) is -0.317. The maximum atomic E-state index is 12.8. The molecule has 1 atom stereocenters. The van der Waals surface area contributed by atoms with E-state index >= 15 is 0 Å². The van der Waals surface area contributed by atoms with Crippen molar-refractivity contribution in [2.45, 2.75) is 39.2 Å². The molecule has 3 rings (SSSR count). The number of likely N-dealkylation sites (tertiary alicyclic amines) is 1. The number of rotatable bonds is 4. The van der Waals surface area contributed by atoms with Gasteiger partial charge in [0.05, 0.1) is 17.6 Å². The lowest BCUT2D eigenvalue weighted by Crippen LogP contribution is -2.40. The minimum absolute atomic E-state index is 0.0105. The van der Waals surface area contributed by atoms with Gasteiger partial charge in [0, 0.05) is 13.1 Å². The highest BCUT2D eigenvalue weighted by Crippen LogP contribution is 2.59. The number of carbonyl (C=O) groups excluding carboxylic acids is 1. The monoisotopic (exact) mass is 317 g/mol. The minimum atomic E-state index is -0.694. The Kier molecular flexibility index (Phi) is 4.04. The first-order valence-electron chi connectivity index (χ1n) is 8.21. The van der Waals surface area contributed by atoms with Gasteiger partial charge >= 0.3 is 5.97 Å². The first-order chi connectivity index (χ1) is 10.9. The molecule has 2 fully saturated rings. The molecule has 1 aliphatic carbocycles. The van der Waals surface area contributed by atoms with Crippen molar-refractivity contribution in [2.75, 3.05) is 13.1 Å². The van der Waals surface area contributed by atoms with Crippen LogP contribution in [0.15, 0.2) is 24.3 Å². The molecule has 1 spiro atoms. The van der Waals surface area contributed by atoms with Crippen LogP contribution in [-0.4, -0.2) is 41.1 Å². The Bertz CT molecular complexity index is 617. The van der Waals surface area contributed by atoms with E-state index in [-0.39, 0.29) is 23.3 Å². The summed E-state index contributed by atoms with van der Waals surface area (Å²) in [4.78, 5) is 25.7. The normalized spacial score (nSPS) is 22.2. The highest BCUT2D eigenvalue weighted by Gasteiger charge is 2.59. The molecular formula is C18H23NO4. The van der Waals surface area contributed by atoms with E-state index < -0.39 is 5.97 Å². The van der Waals surface area contributed by atoms with Gasteiger partial charge in [-0.3, -0.25) is 9.59 Å². The third-order valence-electron chi connectivity index (χ3n) is 5.01. The smallest absolute Gasteiger partial charge is 0.307 e. The van der Waals surface area contributed by atoms with Crippen molar-refractivity contribution in [3.8, 4) is 5.75 Å². The third-order valence-corrected chi connectivity index (χ3v) is 5.01. The minimum Gasteiger partial charge on any atom is -0.490 e. The second-order valence-corrected chi connectivity index (χ2v) is 6.91. The van der Waals surface area contributed by atoms with Crippen molar-refractivity contribution in [1.29, 1.82) is 0 Å². The molecule has 0 radical (unpaired) electrons. The number of carbonyl (C=O) groups is 2. The first-order valence-corrected chi connectivity index (χ1v) is 8.21. The summed E-state index contributed by atoms with van der Waals surface area (Å²) in [6.07, 6.45) is 2.33. The summed E-state index contributed by atoms with van der Waals surface area (Å²) in [5, 5.41) is 9.15. The molecule has 5 nitrogen and oxygen atoms in total. The Balaban J connectivity index is 1.68. The number of piperidine rings is 1. The SMILES string of the molecule is CC(C)Oc1ccccc1C(=O)N1CCC2(CC1)CC2C(=O)O. The number of aliphatic carboxylic acids is 1. The maximum absolute atomic E-state index is 12.8. The number of benzene rings is 1. The average molecular weight is 317 g/mol. The number of hydrogen-bond donors (Lipinski definition) is 1. The fourth-order valence-electron chi connectivity index (χ4n) is 3.57. The predicted molar refractivity (Wildman–Crippen MR) is 85.5 cm³/mol. The largest absolute Gasteiger partial charge is 0.490 e. The lowest BCUT2D eigenvalue weighted by atomic mass is 9.90. The number of amides is 1. The lowest BCUT2D eigenvalue weighted by Gasteiger charge is -2.33.